The quantitative estimate of drug-likeness (QED) is 0.145. The number of carbonyl (C=O) groups excluding carboxylic acids is 1. The van der Waals surface area contributed by atoms with Gasteiger partial charge in [-0.25, -0.2) is 4.79 Å². The van der Waals surface area contributed by atoms with Crippen molar-refractivity contribution in [3.05, 3.63) is 57.9 Å². The third kappa shape index (κ3) is 4.88. The van der Waals surface area contributed by atoms with E-state index in [1.165, 1.54) is 21.3 Å². The van der Waals surface area contributed by atoms with Gasteiger partial charge in [-0.15, -0.1) is 0 Å². The summed E-state index contributed by atoms with van der Waals surface area (Å²) in [5, 5.41) is 12.1. The molecule has 44 heavy (non-hydrogen) atoms. The van der Waals surface area contributed by atoms with Crippen LogP contribution in [-0.2, 0) is 13.0 Å². The molecule has 3 heterocycles. The molecule has 5 aromatic rings. The van der Waals surface area contributed by atoms with Gasteiger partial charge >= 0.3 is 5.63 Å². The third-order valence-corrected chi connectivity index (χ3v) is 7.90. The van der Waals surface area contributed by atoms with Gasteiger partial charge in [0, 0.05) is 75.8 Å². The zero-order chi connectivity index (χ0) is 30.4. The predicted molar refractivity (Wildman–Crippen MR) is 162 cm³/mol. The summed E-state index contributed by atoms with van der Waals surface area (Å²) in [5.74, 6) is 1.91. The van der Waals surface area contributed by atoms with E-state index in [4.69, 9.17) is 28.1 Å². The number of hydrogen-bond donors (Lipinski definition) is 1. The molecule has 0 spiro atoms. The molecule has 2 aromatic heterocycles. The molecule has 0 amide bonds. The Kier molecular flexibility index (Phi) is 9.13. The first-order valence-corrected chi connectivity index (χ1v) is 13.8. The van der Waals surface area contributed by atoms with Gasteiger partial charge in [0.05, 0.1) is 46.3 Å². The number of methoxy groups -OCH3 is 4. The molecule has 225 valence electrons. The van der Waals surface area contributed by atoms with E-state index in [2.05, 4.69) is 0 Å². The van der Waals surface area contributed by atoms with Crippen molar-refractivity contribution >= 4 is 28.2 Å². The van der Waals surface area contributed by atoms with Crippen LogP contribution in [0.4, 0.5) is 0 Å². The second kappa shape index (κ2) is 12.7. The Balaban J connectivity index is 0.00000384. The molecule has 6 rings (SSSR count). The van der Waals surface area contributed by atoms with Crippen molar-refractivity contribution in [3.63, 3.8) is 0 Å². The van der Waals surface area contributed by atoms with Gasteiger partial charge in [0.2, 0.25) is 0 Å². The maximum absolute atomic E-state index is 13.8. The van der Waals surface area contributed by atoms with Gasteiger partial charge in [-0.2, -0.15) is 0 Å². The Morgan fingerprint density at radius 3 is 2.34 bits per heavy atom. The summed E-state index contributed by atoms with van der Waals surface area (Å²) in [4.78, 5) is 26.2. The molecule has 1 aliphatic heterocycles. The minimum Gasteiger partial charge on any atom is -0.504 e. The number of ether oxygens (including phenoxy) is 5. The second-order valence-electron chi connectivity index (χ2n) is 10.1. The molecule has 0 bridgehead atoms. The van der Waals surface area contributed by atoms with Gasteiger partial charge in [0.15, 0.2) is 40.8 Å². The van der Waals surface area contributed by atoms with Crippen LogP contribution in [0.15, 0.2) is 45.6 Å². The van der Waals surface area contributed by atoms with Gasteiger partial charge in [-0.05, 0) is 48.2 Å². The maximum Gasteiger partial charge on any atom is 0.361 e. The molecule has 0 unspecified atom stereocenters. The average molecular weight is 727 g/mol. The van der Waals surface area contributed by atoms with Crippen molar-refractivity contribution in [2.75, 3.05) is 35.0 Å². The summed E-state index contributed by atoms with van der Waals surface area (Å²) in [6.45, 7) is 2.85. The predicted octanol–water partition coefficient (Wildman–Crippen LogP) is 5.98. The Bertz CT molecular complexity index is 1980. The van der Waals surface area contributed by atoms with Crippen LogP contribution in [0.2, 0.25) is 0 Å². The van der Waals surface area contributed by atoms with E-state index in [0.29, 0.717) is 98.1 Å². The molecule has 1 aliphatic rings. The van der Waals surface area contributed by atoms with Crippen LogP contribution in [0.1, 0.15) is 29.3 Å². The van der Waals surface area contributed by atoms with Crippen LogP contribution >= 0.6 is 0 Å². The summed E-state index contributed by atoms with van der Waals surface area (Å²) >= 11 is 0. The number of aromatic hydroxyl groups is 1. The van der Waals surface area contributed by atoms with Crippen LogP contribution in [-0.4, -0.2) is 51.0 Å². The number of benzene rings is 3. The molecule has 0 saturated heterocycles. The smallest absolute Gasteiger partial charge is 0.361 e. The van der Waals surface area contributed by atoms with E-state index >= 15 is 0 Å². The molecule has 0 aliphatic carbocycles. The number of phenols is 1. The van der Waals surface area contributed by atoms with Crippen molar-refractivity contribution in [3.8, 4) is 56.9 Å². The molecule has 0 saturated carbocycles. The SMILES string of the molecule is CCCOc1cc2oc(=O)c3c(c(-c4ccc(OC)c(O)c4)c4n3CCc3c-4cc(OC)c(OC)c3C=O)c2cc1OC.[Pr]. The minimum absolute atomic E-state index is 0. The van der Waals surface area contributed by atoms with E-state index in [0.717, 1.165) is 18.3 Å². The number of aryl methyl sites for hydroxylation is 1. The van der Waals surface area contributed by atoms with E-state index < -0.39 is 5.63 Å². The van der Waals surface area contributed by atoms with Gasteiger partial charge in [-0.3, -0.25) is 4.79 Å². The average Bonchev–Trinajstić information content (AvgIpc) is 3.38. The van der Waals surface area contributed by atoms with E-state index in [1.807, 2.05) is 23.6 Å². The fourth-order valence-corrected chi connectivity index (χ4v) is 6.07. The minimum atomic E-state index is -0.529. The molecule has 1 radical (unpaired) electrons. The first-order valence-electron chi connectivity index (χ1n) is 13.8. The summed E-state index contributed by atoms with van der Waals surface area (Å²) in [7, 11) is 6.03. The second-order valence-corrected chi connectivity index (χ2v) is 10.1. The standard InChI is InChI=1S/C33H31NO9.Pr/c1-6-11-42-26-15-24-20(14-25(26)39-3)29-28(17-7-8-23(38-2)22(36)12-17)30-19-13-27(40-4)32(41-5)21(16-35)18(19)9-10-34(30)31(29)33(37)43-24;/h7-8,12-16,36H,6,9-11H2,1-5H3;. The van der Waals surface area contributed by atoms with Gasteiger partial charge in [-0.1, -0.05) is 13.0 Å². The van der Waals surface area contributed by atoms with Crippen LogP contribution in [0.5, 0.6) is 34.5 Å². The third-order valence-electron chi connectivity index (χ3n) is 7.90. The van der Waals surface area contributed by atoms with Crippen molar-refractivity contribution in [1.82, 2.24) is 4.57 Å². The fourth-order valence-electron chi connectivity index (χ4n) is 6.07. The fraction of sp³-hybridized carbons (Fsp3) is 0.273. The molecular formula is C33H31NO9Pr. The van der Waals surface area contributed by atoms with Crippen LogP contribution in [0.3, 0.4) is 0 Å². The molecule has 11 heteroatoms. The van der Waals surface area contributed by atoms with Crippen LogP contribution < -0.4 is 29.3 Å². The van der Waals surface area contributed by atoms with Crippen molar-refractivity contribution in [2.24, 2.45) is 0 Å². The van der Waals surface area contributed by atoms with E-state index in [9.17, 15) is 14.7 Å². The Morgan fingerprint density at radius 1 is 0.955 bits per heavy atom. The van der Waals surface area contributed by atoms with Crippen molar-refractivity contribution in [2.45, 2.75) is 26.3 Å². The molecule has 0 fully saturated rings. The number of aromatic nitrogens is 1. The number of aldehydes is 1. The zero-order valence-electron chi connectivity index (χ0n) is 25.1. The Hall–Kier alpha value is -3.76. The van der Waals surface area contributed by atoms with Gasteiger partial charge < -0.3 is 37.8 Å². The van der Waals surface area contributed by atoms with Gasteiger partial charge in [0.1, 0.15) is 11.1 Å². The maximum atomic E-state index is 13.8. The number of hydrogen-bond acceptors (Lipinski definition) is 9. The summed E-state index contributed by atoms with van der Waals surface area (Å²) in [6, 6.07) is 10.4. The molecule has 1 N–H and O–H groups in total. The van der Waals surface area contributed by atoms with E-state index in [1.54, 1.807) is 31.4 Å². The van der Waals surface area contributed by atoms with Crippen LogP contribution in [0, 0.1) is 41.3 Å². The number of phenolic OH excluding ortho intramolecular Hbond substituents is 1. The molecule has 10 nitrogen and oxygen atoms in total. The zero-order valence-corrected chi connectivity index (χ0v) is 28.8. The Labute approximate surface area is 286 Å². The molecular weight excluding hydrogens is 695 g/mol. The van der Waals surface area contributed by atoms with Crippen molar-refractivity contribution < 1.29 is 79.3 Å². The summed E-state index contributed by atoms with van der Waals surface area (Å²) in [5.41, 5.74) is 3.97. The van der Waals surface area contributed by atoms with Crippen molar-refractivity contribution in [1.29, 1.82) is 0 Å². The largest absolute Gasteiger partial charge is 0.504 e. The number of rotatable bonds is 9. The number of fused-ring (bicyclic) bond motifs is 7. The topological polar surface area (TPSA) is 119 Å². The summed E-state index contributed by atoms with van der Waals surface area (Å²) < 4.78 is 35.9. The van der Waals surface area contributed by atoms with Gasteiger partial charge in [0.25, 0.3) is 0 Å². The summed E-state index contributed by atoms with van der Waals surface area (Å²) in [6.07, 6.45) is 2.01. The first-order chi connectivity index (χ1) is 20.9. The molecule has 3 aromatic carbocycles. The molecule has 0 atom stereocenters. The monoisotopic (exact) mass is 726 g/mol. The normalized spacial score (nSPS) is 11.8. The van der Waals surface area contributed by atoms with Crippen LogP contribution in [0.25, 0.3) is 44.3 Å². The Morgan fingerprint density at radius 2 is 1.70 bits per heavy atom. The number of carbonyl (C=O) groups is 1. The van der Waals surface area contributed by atoms with E-state index in [-0.39, 0.29) is 47.0 Å². The first kappa shape index (κ1) is 31.7. The number of nitrogens with zero attached hydrogens (tertiary/aromatic N) is 1.